The lowest BCUT2D eigenvalue weighted by Gasteiger charge is -2.30. The monoisotopic (exact) mass is 348 g/mol. The SMILES string of the molecule is Cc1nc(NCc2ccc(F)cc2)cc(N2CCCc3ccccc32)n1. The third-order valence-electron chi connectivity index (χ3n) is 4.60. The van der Waals surface area contributed by atoms with Crippen LogP contribution in [0.2, 0.25) is 0 Å². The second-order valence-electron chi connectivity index (χ2n) is 6.52. The van der Waals surface area contributed by atoms with E-state index in [0.717, 1.165) is 42.4 Å². The molecule has 0 unspecified atom stereocenters. The van der Waals surface area contributed by atoms with Crippen LogP contribution in [0.5, 0.6) is 0 Å². The smallest absolute Gasteiger partial charge is 0.138 e. The van der Waals surface area contributed by atoms with Gasteiger partial charge < -0.3 is 10.2 Å². The fraction of sp³-hybridized carbons (Fsp3) is 0.238. The maximum atomic E-state index is 13.0. The van der Waals surface area contributed by atoms with Gasteiger partial charge in [-0.2, -0.15) is 0 Å². The van der Waals surface area contributed by atoms with Crippen molar-refractivity contribution in [2.75, 3.05) is 16.8 Å². The molecule has 0 amide bonds. The Morgan fingerprint density at radius 3 is 2.73 bits per heavy atom. The molecule has 0 saturated heterocycles. The molecule has 0 fully saturated rings. The van der Waals surface area contributed by atoms with Crippen LogP contribution >= 0.6 is 0 Å². The summed E-state index contributed by atoms with van der Waals surface area (Å²) in [6, 6.07) is 17.0. The van der Waals surface area contributed by atoms with Crippen LogP contribution in [0.25, 0.3) is 0 Å². The zero-order valence-corrected chi connectivity index (χ0v) is 14.7. The lowest BCUT2D eigenvalue weighted by atomic mass is 10.0. The summed E-state index contributed by atoms with van der Waals surface area (Å²) in [5.41, 5.74) is 3.59. The number of benzene rings is 2. The third kappa shape index (κ3) is 3.52. The van der Waals surface area contributed by atoms with Crippen molar-refractivity contribution in [3.05, 3.63) is 77.4 Å². The molecule has 0 spiro atoms. The third-order valence-corrected chi connectivity index (χ3v) is 4.60. The van der Waals surface area contributed by atoms with Gasteiger partial charge in [0, 0.05) is 24.8 Å². The molecule has 2 aromatic carbocycles. The quantitative estimate of drug-likeness (QED) is 0.747. The van der Waals surface area contributed by atoms with Crippen LogP contribution < -0.4 is 10.2 Å². The maximum absolute atomic E-state index is 13.0. The van der Waals surface area contributed by atoms with Crippen LogP contribution in [0.4, 0.5) is 21.7 Å². The van der Waals surface area contributed by atoms with E-state index in [2.05, 4.69) is 44.5 Å². The van der Waals surface area contributed by atoms with E-state index in [9.17, 15) is 4.39 Å². The average Bonchev–Trinajstić information content (AvgIpc) is 2.67. The van der Waals surface area contributed by atoms with Crippen LogP contribution in [0.3, 0.4) is 0 Å². The molecule has 2 heterocycles. The van der Waals surface area contributed by atoms with E-state index in [1.807, 2.05) is 13.0 Å². The molecule has 5 heteroatoms. The topological polar surface area (TPSA) is 41.1 Å². The maximum Gasteiger partial charge on any atom is 0.138 e. The summed E-state index contributed by atoms with van der Waals surface area (Å²) >= 11 is 0. The van der Waals surface area contributed by atoms with Crippen LogP contribution in [0.15, 0.2) is 54.6 Å². The molecule has 0 atom stereocenters. The Morgan fingerprint density at radius 2 is 1.88 bits per heavy atom. The normalized spacial score (nSPS) is 13.4. The van der Waals surface area contributed by atoms with Gasteiger partial charge in [0.25, 0.3) is 0 Å². The number of aromatic nitrogens is 2. The standard InChI is InChI=1S/C21H21FN4/c1-15-24-20(23-14-16-8-10-18(22)11-9-16)13-21(25-15)26-12-4-6-17-5-2-3-7-19(17)26/h2-3,5,7-11,13H,4,6,12,14H2,1H3,(H,23,24,25). The first-order chi connectivity index (χ1) is 12.7. The summed E-state index contributed by atoms with van der Waals surface area (Å²) in [6.45, 7) is 3.44. The minimum Gasteiger partial charge on any atom is -0.366 e. The van der Waals surface area contributed by atoms with Crippen molar-refractivity contribution < 1.29 is 4.39 Å². The van der Waals surface area contributed by atoms with Crippen molar-refractivity contribution in [3.8, 4) is 0 Å². The van der Waals surface area contributed by atoms with E-state index < -0.39 is 0 Å². The van der Waals surface area contributed by atoms with E-state index in [1.165, 1.54) is 23.4 Å². The highest BCUT2D eigenvalue weighted by Gasteiger charge is 2.19. The Balaban J connectivity index is 1.58. The zero-order valence-electron chi connectivity index (χ0n) is 14.7. The van der Waals surface area contributed by atoms with Gasteiger partial charge in [-0.05, 0) is 49.1 Å². The molecule has 0 aliphatic carbocycles. The van der Waals surface area contributed by atoms with E-state index >= 15 is 0 Å². The zero-order chi connectivity index (χ0) is 17.9. The molecule has 0 bridgehead atoms. The first-order valence-corrected chi connectivity index (χ1v) is 8.88. The molecule has 3 aromatic rings. The second-order valence-corrected chi connectivity index (χ2v) is 6.52. The Morgan fingerprint density at radius 1 is 1.08 bits per heavy atom. The molecule has 1 aromatic heterocycles. The number of fused-ring (bicyclic) bond motifs is 1. The van der Waals surface area contributed by atoms with E-state index in [-0.39, 0.29) is 5.82 Å². The molecular formula is C21H21FN4. The lowest BCUT2D eigenvalue weighted by molar-refractivity contribution is 0.627. The largest absolute Gasteiger partial charge is 0.366 e. The van der Waals surface area contributed by atoms with Gasteiger partial charge in [0.1, 0.15) is 23.3 Å². The predicted molar refractivity (Wildman–Crippen MR) is 102 cm³/mol. The predicted octanol–water partition coefficient (Wildman–Crippen LogP) is 4.62. The number of rotatable bonds is 4. The molecule has 26 heavy (non-hydrogen) atoms. The highest BCUT2D eigenvalue weighted by molar-refractivity contribution is 5.67. The van der Waals surface area contributed by atoms with Crippen molar-refractivity contribution in [2.24, 2.45) is 0 Å². The Hall–Kier alpha value is -2.95. The highest BCUT2D eigenvalue weighted by Crippen LogP contribution is 2.33. The summed E-state index contributed by atoms with van der Waals surface area (Å²) in [7, 11) is 0. The number of hydrogen-bond donors (Lipinski definition) is 1. The summed E-state index contributed by atoms with van der Waals surface area (Å²) in [5.74, 6) is 2.19. The molecule has 1 aliphatic heterocycles. The molecule has 1 aliphatic rings. The van der Waals surface area contributed by atoms with Crippen LogP contribution in [0, 0.1) is 12.7 Å². The van der Waals surface area contributed by atoms with Crippen molar-refractivity contribution >= 4 is 17.3 Å². The average molecular weight is 348 g/mol. The number of aryl methyl sites for hydroxylation is 2. The Kier molecular flexibility index (Phi) is 4.52. The second kappa shape index (κ2) is 7.12. The van der Waals surface area contributed by atoms with Crippen molar-refractivity contribution in [1.82, 2.24) is 9.97 Å². The van der Waals surface area contributed by atoms with Gasteiger partial charge in [0.15, 0.2) is 0 Å². The van der Waals surface area contributed by atoms with Gasteiger partial charge in [-0.15, -0.1) is 0 Å². The fourth-order valence-electron chi connectivity index (χ4n) is 3.35. The molecule has 4 nitrogen and oxygen atoms in total. The van der Waals surface area contributed by atoms with E-state index in [1.54, 1.807) is 12.1 Å². The van der Waals surface area contributed by atoms with Gasteiger partial charge in [0.05, 0.1) is 0 Å². The Labute approximate surface area is 152 Å². The Bertz CT molecular complexity index is 908. The van der Waals surface area contributed by atoms with E-state index in [0.29, 0.717) is 6.54 Å². The number of nitrogens with zero attached hydrogens (tertiary/aromatic N) is 3. The summed E-state index contributed by atoms with van der Waals surface area (Å²) in [6.07, 6.45) is 2.21. The fourth-order valence-corrected chi connectivity index (χ4v) is 3.35. The van der Waals surface area contributed by atoms with Gasteiger partial charge in [-0.3, -0.25) is 0 Å². The van der Waals surface area contributed by atoms with Crippen molar-refractivity contribution in [1.29, 1.82) is 0 Å². The first kappa shape index (κ1) is 16.5. The minimum atomic E-state index is -0.224. The number of hydrogen-bond acceptors (Lipinski definition) is 4. The molecule has 132 valence electrons. The van der Waals surface area contributed by atoms with Crippen molar-refractivity contribution in [3.63, 3.8) is 0 Å². The van der Waals surface area contributed by atoms with Crippen LogP contribution in [-0.4, -0.2) is 16.5 Å². The van der Waals surface area contributed by atoms with Gasteiger partial charge in [-0.1, -0.05) is 30.3 Å². The van der Waals surface area contributed by atoms with Crippen LogP contribution in [0.1, 0.15) is 23.4 Å². The number of anilines is 3. The highest BCUT2D eigenvalue weighted by atomic mass is 19.1. The number of halogens is 1. The summed E-state index contributed by atoms with van der Waals surface area (Å²) in [5, 5.41) is 3.32. The minimum absolute atomic E-state index is 0.224. The lowest BCUT2D eigenvalue weighted by Crippen LogP contribution is -2.25. The van der Waals surface area contributed by atoms with Gasteiger partial charge in [-0.25, -0.2) is 14.4 Å². The van der Waals surface area contributed by atoms with Crippen LogP contribution in [-0.2, 0) is 13.0 Å². The van der Waals surface area contributed by atoms with E-state index in [4.69, 9.17) is 0 Å². The molecular weight excluding hydrogens is 327 g/mol. The first-order valence-electron chi connectivity index (χ1n) is 8.88. The summed E-state index contributed by atoms with van der Waals surface area (Å²) < 4.78 is 13.0. The number of para-hydroxylation sites is 1. The molecule has 0 saturated carbocycles. The number of nitrogens with one attached hydrogen (secondary N) is 1. The molecule has 0 radical (unpaired) electrons. The van der Waals surface area contributed by atoms with Crippen molar-refractivity contribution in [2.45, 2.75) is 26.3 Å². The molecule has 4 rings (SSSR count). The summed E-state index contributed by atoms with van der Waals surface area (Å²) in [4.78, 5) is 11.4. The van der Waals surface area contributed by atoms with Gasteiger partial charge >= 0.3 is 0 Å². The molecule has 1 N–H and O–H groups in total. The van der Waals surface area contributed by atoms with Gasteiger partial charge in [0.2, 0.25) is 0 Å².